The summed E-state index contributed by atoms with van der Waals surface area (Å²) in [5.74, 6) is 0.543. The first kappa shape index (κ1) is 11.9. The lowest BCUT2D eigenvalue weighted by molar-refractivity contribution is 0.354. The number of hydrazine groups is 1. The fourth-order valence-electron chi connectivity index (χ4n) is 1.67. The summed E-state index contributed by atoms with van der Waals surface area (Å²) in [4.78, 5) is 2.45. The average Bonchev–Trinajstić information content (AvgIpc) is 2.02. The van der Waals surface area contributed by atoms with Gasteiger partial charge >= 0.3 is 0 Å². The van der Waals surface area contributed by atoms with E-state index in [1.807, 2.05) is 0 Å². The van der Waals surface area contributed by atoms with Gasteiger partial charge in [-0.15, -0.1) is 4.83 Å². The molecule has 84 valence electrons. The lowest BCUT2D eigenvalue weighted by Crippen LogP contribution is -2.41. The zero-order valence-corrected chi connectivity index (χ0v) is 9.60. The number of rotatable bonds is 4. The van der Waals surface area contributed by atoms with Gasteiger partial charge < -0.3 is 5.32 Å². The predicted molar refractivity (Wildman–Crippen MR) is 56.2 cm³/mol. The highest BCUT2D eigenvalue weighted by Crippen LogP contribution is 2.13. The first-order chi connectivity index (χ1) is 6.49. The van der Waals surface area contributed by atoms with E-state index in [0.29, 0.717) is 5.92 Å². The Morgan fingerprint density at radius 3 is 2.43 bits per heavy atom. The van der Waals surface area contributed by atoms with Gasteiger partial charge in [-0.3, -0.25) is 0 Å². The Bertz CT molecular complexity index is 258. The fraction of sp³-hybridized carbons (Fsp3) is 1.00. The lowest BCUT2D eigenvalue weighted by Gasteiger charge is -2.23. The molecule has 0 aromatic carbocycles. The molecule has 1 aliphatic heterocycles. The Kier molecular flexibility index (Phi) is 4.31. The Hall–Kier alpha value is -0.170. The van der Waals surface area contributed by atoms with Crippen LogP contribution in [0.5, 0.6) is 0 Å². The molecule has 0 unspecified atom stereocenters. The van der Waals surface area contributed by atoms with Crippen molar-refractivity contribution in [1.29, 1.82) is 0 Å². The molecule has 1 fully saturated rings. The van der Waals surface area contributed by atoms with Crippen LogP contribution in [0.2, 0.25) is 0 Å². The summed E-state index contributed by atoms with van der Waals surface area (Å²) < 4.78 is 23.1. The number of nitrogens with zero attached hydrogens (tertiary/aromatic N) is 1. The molecule has 1 rings (SSSR count). The van der Waals surface area contributed by atoms with E-state index in [2.05, 4.69) is 10.1 Å². The van der Waals surface area contributed by atoms with Crippen molar-refractivity contribution < 1.29 is 8.42 Å². The Labute approximate surface area is 85.9 Å². The third-order valence-electron chi connectivity index (χ3n) is 2.24. The maximum atomic E-state index is 11.5. The van der Waals surface area contributed by atoms with E-state index in [1.54, 1.807) is 14.1 Å². The van der Waals surface area contributed by atoms with Gasteiger partial charge in [0.15, 0.2) is 0 Å². The van der Waals surface area contributed by atoms with Crippen molar-refractivity contribution in [2.75, 3.05) is 32.9 Å². The molecule has 2 N–H and O–H groups in total. The second kappa shape index (κ2) is 5.06. The normalized spacial score (nSPS) is 20.2. The van der Waals surface area contributed by atoms with Crippen molar-refractivity contribution in [3.63, 3.8) is 0 Å². The summed E-state index contributed by atoms with van der Waals surface area (Å²) in [7, 11) is 0.229. The van der Waals surface area contributed by atoms with E-state index in [0.717, 1.165) is 25.9 Å². The van der Waals surface area contributed by atoms with Crippen LogP contribution in [0.4, 0.5) is 0 Å². The maximum absolute atomic E-state index is 11.5. The summed E-state index contributed by atoms with van der Waals surface area (Å²) in [6, 6.07) is 0. The molecule has 0 aliphatic carbocycles. The van der Waals surface area contributed by atoms with Crippen LogP contribution in [0.1, 0.15) is 12.8 Å². The van der Waals surface area contributed by atoms with Gasteiger partial charge in [-0.05, 0) is 31.8 Å². The fourth-order valence-corrected chi connectivity index (χ4v) is 3.26. The van der Waals surface area contributed by atoms with Gasteiger partial charge in [0, 0.05) is 14.1 Å². The van der Waals surface area contributed by atoms with E-state index in [4.69, 9.17) is 0 Å². The number of hydrogen-bond donors (Lipinski definition) is 2. The van der Waals surface area contributed by atoms with Gasteiger partial charge in [0.1, 0.15) is 0 Å². The molecule has 0 bridgehead atoms. The molecule has 1 aliphatic rings. The smallest absolute Gasteiger partial charge is 0.224 e. The van der Waals surface area contributed by atoms with Crippen molar-refractivity contribution in [2.45, 2.75) is 12.8 Å². The van der Waals surface area contributed by atoms with Crippen molar-refractivity contribution in [3.05, 3.63) is 0 Å². The van der Waals surface area contributed by atoms with Gasteiger partial charge in [0.2, 0.25) is 10.0 Å². The van der Waals surface area contributed by atoms with Gasteiger partial charge in [-0.25, -0.2) is 13.4 Å². The molecule has 0 amide bonds. The first-order valence-corrected chi connectivity index (χ1v) is 6.53. The zero-order valence-electron chi connectivity index (χ0n) is 8.78. The molecule has 0 saturated carbocycles. The molecule has 6 heteroatoms. The number of nitrogens with one attached hydrogen (secondary N) is 2. The molecular weight excluding hydrogens is 202 g/mol. The van der Waals surface area contributed by atoms with Gasteiger partial charge in [-0.2, -0.15) is 0 Å². The van der Waals surface area contributed by atoms with Crippen LogP contribution in [-0.2, 0) is 10.0 Å². The molecule has 14 heavy (non-hydrogen) atoms. The van der Waals surface area contributed by atoms with Crippen molar-refractivity contribution >= 4 is 10.0 Å². The summed E-state index contributed by atoms with van der Waals surface area (Å²) >= 11 is 0. The summed E-state index contributed by atoms with van der Waals surface area (Å²) in [6.07, 6.45) is 1.91. The SMILES string of the molecule is CN(C)NS(=O)(=O)CC1CCNCC1. The van der Waals surface area contributed by atoms with E-state index < -0.39 is 10.0 Å². The quantitative estimate of drug-likeness (QED) is 0.621. The van der Waals surface area contributed by atoms with Gasteiger partial charge in [-0.1, -0.05) is 0 Å². The van der Waals surface area contributed by atoms with E-state index in [-0.39, 0.29) is 5.75 Å². The van der Waals surface area contributed by atoms with Crippen LogP contribution in [0.25, 0.3) is 0 Å². The minimum atomic E-state index is -3.13. The number of piperidine rings is 1. The van der Waals surface area contributed by atoms with E-state index in [9.17, 15) is 8.42 Å². The Balaban J connectivity index is 2.41. The zero-order chi connectivity index (χ0) is 10.6. The molecule has 1 heterocycles. The van der Waals surface area contributed by atoms with E-state index >= 15 is 0 Å². The summed E-state index contributed by atoms with van der Waals surface area (Å²) in [5.41, 5.74) is 0. The molecule has 5 nitrogen and oxygen atoms in total. The number of hydrogen-bond acceptors (Lipinski definition) is 4. The molecule has 0 aromatic rings. The van der Waals surface area contributed by atoms with Crippen LogP contribution in [0.15, 0.2) is 0 Å². The molecular formula is C8H19N3O2S. The molecule has 1 saturated heterocycles. The monoisotopic (exact) mass is 221 g/mol. The average molecular weight is 221 g/mol. The van der Waals surface area contributed by atoms with Crippen LogP contribution in [0.3, 0.4) is 0 Å². The molecule has 0 aromatic heterocycles. The highest BCUT2D eigenvalue weighted by molar-refractivity contribution is 7.89. The van der Waals surface area contributed by atoms with Crippen LogP contribution >= 0.6 is 0 Å². The minimum absolute atomic E-state index is 0.243. The predicted octanol–water partition coefficient (Wildman–Crippen LogP) is -0.618. The van der Waals surface area contributed by atoms with Crippen LogP contribution in [0, 0.1) is 5.92 Å². The van der Waals surface area contributed by atoms with Crippen LogP contribution < -0.4 is 10.1 Å². The largest absolute Gasteiger partial charge is 0.317 e. The maximum Gasteiger partial charge on any atom is 0.224 e. The van der Waals surface area contributed by atoms with Crippen LogP contribution in [-0.4, -0.2) is 46.4 Å². The van der Waals surface area contributed by atoms with E-state index in [1.165, 1.54) is 5.01 Å². The molecule has 0 atom stereocenters. The Morgan fingerprint density at radius 1 is 1.36 bits per heavy atom. The summed E-state index contributed by atoms with van der Waals surface area (Å²) in [6.45, 7) is 1.87. The van der Waals surface area contributed by atoms with Crippen molar-refractivity contribution in [3.8, 4) is 0 Å². The molecule has 0 spiro atoms. The Morgan fingerprint density at radius 2 is 1.93 bits per heavy atom. The molecule has 0 radical (unpaired) electrons. The van der Waals surface area contributed by atoms with Crippen molar-refractivity contribution in [1.82, 2.24) is 15.2 Å². The highest BCUT2D eigenvalue weighted by atomic mass is 32.2. The topological polar surface area (TPSA) is 61.4 Å². The second-order valence-corrected chi connectivity index (χ2v) is 5.71. The van der Waals surface area contributed by atoms with Gasteiger partial charge in [0.25, 0.3) is 0 Å². The lowest BCUT2D eigenvalue weighted by atomic mass is 10.0. The summed E-state index contributed by atoms with van der Waals surface area (Å²) in [5, 5.41) is 4.68. The first-order valence-electron chi connectivity index (χ1n) is 4.88. The minimum Gasteiger partial charge on any atom is -0.317 e. The van der Waals surface area contributed by atoms with Crippen molar-refractivity contribution in [2.24, 2.45) is 5.92 Å². The second-order valence-electron chi connectivity index (χ2n) is 3.96. The highest BCUT2D eigenvalue weighted by Gasteiger charge is 2.21. The third-order valence-corrected chi connectivity index (χ3v) is 3.79. The third kappa shape index (κ3) is 4.36. The number of sulfonamides is 1. The standard InChI is InChI=1S/C8H19N3O2S/c1-11(2)10-14(12,13)7-8-3-5-9-6-4-8/h8-10H,3-7H2,1-2H3. The van der Waals surface area contributed by atoms with Gasteiger partial charge in [0.05, 0.1) is 5.75 Å².